The molecule has 0 aliphatic carbocycles. The van der Waals surface area contributed by atoms with Crippen LogP contribution >= 0.6 is 0 Å². The number of esters is 1. The van der Waals surface area contributed by atoms with Gasteiger partial charge in [0.15, 0.2) is 0 Å². The summed E-state index contributed by atoms with van der Waals surface area (Å²) in [4.78, 5) is 21.7. The first-order valence-corrected chi connectivity index (χ1v) is 4.55. The van der Waals surface area contributed by atoms with E-state index in [0.717, 1.165) is 6.42 Å². The molecule has 0 bridgehead atoms. The maximum absolute atomic E-state index is 11.1. The van der Waals surface area contributed by atoms with Crippen LogP contribution < -0.4 is 0 Å². The summed E-state index contributed by atoms with van der Waals surface area (Å²) in [6, 6.07) is 0. The first-order valence-electron chi connectivity index (χ1n) is 4.55. The lowest BCUT2D eigenvalue weighted by Gasteiger charge is -1.97. The van der Waals surface area contributed by atoms with E-state index in [4.69, 9.17) is 5.11 Å². The molecule has 0 heterocycles. The highest BCUT2D eigenvalue weighted by atomic mass is 16.5. The van der Waals surface area contributed by atoms with Gasteiger partial charge in [0.2, 0.25) is 0 Å². The van der Waals surface area contributed by atoms with Crippen LogP contribution in [-0.2, 0) is 14.3 Å². The molecule has 0 aliphatic heterocycles. The number of rotatable bonds is 7. The molecular formula is C10H16O4. The number of hydrogen-bond donors (Lipinski definition) is 1. The van der Waals surface area contributed by atoms with Crippen molar-refractivity contribution in [3.8, 4) is 0 Å². The van der Waals surface area contributed by atoms with Crippen LogP contribution in [0.3, 0.4) is 0 Å². The Balaban J connectivity index is 3.45. The van der Waals surface area contributed by atoms with Gasteiger partial charge in [0.05, 0.1) is 13.7 Å². The molecule has 0 fully saturated rings. The number of carbonyl (C=O) groups excluding carboxylic acids is 2. The van der Waals surface area contributed by atoms with Crippen molar-refractivity contribution in [2.75, 3.05) is 13.7 Å². The van der Waals surface area contributed by atoms with Gasteiger partial charge in [0, 0.05) is 6.42 Å². The van der Waals surface area contributed by atoms with Crippen molar-refractivity contribution in [3.63, 3.8) is 0 Å². The summed E-state index contributed by atoms with van der Waals surface area (Å²) in [6.45, 7) is 0.0239. The van der Waals surface area contributed by atoms with Crippen LogP contribution in [0.4, 0.5) is 0 Å². The van der Waals surface area contributed by atoms with Gasteiger partial charge < -0.3 is 9.84 Å². The lowest BCUT2D eigenvalue weighted by atomic mass is 10.1. The van der Waals surface area contributed by atoms with Gasteiger partial charge in [-0.2, -0.15) is 0 Å². The Bertz CT molecular complexity index is 208. The summed E-state index contributed by atoms with van der Waals surface area (Å²) in [6.07, 6.45) is 5.13. The van der Waals surface area contributed by atoms with E-state index in [1.54, 1.807) is 6.08 Å². The molecule has 0 amide bonds. The number of aliphatic hydroxyl groups is 1. The van der Waals surface area contributed by atoms with Crippen LogP contribution in [0.1, 0.15) is 25.7 Å². The number of ketones is 1. The lowest BCUT2D eigenvalue weighted by molar-refractivity contribution is -0.143. The van der Waals surface area contributed by atoms with E-state index in [-0.39, 0.29) is 18.8 Å². The zero-order valence-corrected chi connectivity index (χ0v) is 8.36. The first kappa shape index (κ1) is 12.8. The van der Waals surface area contributed by atoms with Crippen molar-refractivity contribution >= 4 is 11.8 Å². The molecule has 0 aromatic heterocycles. The average Bonchev–Trinajstić information content (AvgIpc) is 2.17. The van der Waals surface area contributed by atoms with Crippen LogP contribution in [0.2, 0.25) is 0 Å². The minimum atomic E-state index is -0.485. The maximum atomic E-state index is 11.1. The molecule has 80 valence electrons. The number of allylic oxidation sites excluding steroid dienone is 1. The highest BCUT2D eigenvalue weighted by molar-refractivity contribution is 5.95. The van der Waals surface area contributed by atoms with E-state index >= 15 is 0 Å². The van der Waals surface area contributed by atoms with Gasteiger partial charge >= 0.3 is 5.97 Å². The lowest BCUT2D eigenvalue weighted by Crippen LogP contribution is -2.08. The fraction of sp³-hybridized carbons (Fsp3) is 0.600. The van der Waals surface area contributed by atoms with Gasteiger partial charge in [-0.15, -0.1) is 0 Å². The van der Waals surface area contributed by atoms with E-state index in [1.165, 1.54) is 7.11 Å². The molecule has 1 N–H and O–H groups in total. The van der Waals surface area contributed by atoms with E-state index in [1.807, 2.05) is 6.08 Å². The summed E-state index contributed by atoms with van der Waals surface area (Å²) in [7, 11) is 1.26. The van der Waals surface area contributed by atoms with Crippen molar-refractivity contribution in [2.24, 2.45) is 0 Å². The summed E-state index contributed by atoms with van der Waals surface area (Å²) in [5.41, 5.74) is 0. The zero-order valence-electron chi connectivity index (χ0n) is 8.36. The third kappa shape index (κ3) is 7.49. The van der Waals surface area contributed by atoms with E-state index in [9.17, 15) is 9.59 Å². The number of aliphatic hydroxyl groups excluding tert-OH is 1. The molecular weight excluding hydrogens is 184 g/mol. The number of Topliss-reactive ketones (excluding diaryl/α,β-unsaturated/α-hetero) is 1. The van der Waals surface area contributed by atoms with E-state index in [2.05, 4.69) is 4.74 Å². The van der Waals surface area contributed by atoms with Gasteiger partial charge in [-0.25, -0.2) is 0 Å². The first-order chi connectivity index (χ1) is 6.70. The number of hydrogen-bond acceptors (Lipinski definition) is 4. The van der Waals surface area contributed by atoms with Gasteiger partial charge in [0.1, 0.15) is 12.2 Å². The molecule has 0 rings (SSSR count). The van der Waals surface area contributed by atoms with E-state index < -0.39 is 5.97 Å². The molecule has 0 radical (unpaired) electrons. The molecule has 0 aromatic rings. The van der Waals surface area contributed by atoms with Crippen molar-refractivity contribution in [1.82, 2.24) is 0 Å². The zero-order chi connectivity index (χ0) is 10.8. The standard InChI is InChI=1S/C10H16O4/c1-14-10(13)8-9(12)6-4-2-3-5-7-11/h3,5,11H,2,4,6-8H2,1H3/b5-3-. The maximum Gasteiger partial charge on any atom is 0.313 e. The summed E-state index contributed by atoms with van der Waals surface area (Å²) < 4.78 is 4.36. The number of ether oxygens (including phenoxy) is 1. The molecule has 0 unspecified atom stereocenters. The van der Waals surface area contributed by atoms with Crippen molar-refractivity contribution < 1.29 is 19.4 Å². The number of carbonyl (C=O) groups is 2. The molecule has 4 nitrogen and oxygen atoms in total. The Hall–Kier alpha value is -1.16. The van der Waals surface area contributed by atoms with Crippen LogP contribution in [0, 0.1) is 0 Å². The Morgan fingerprint density at radius 2 is 2.07 bits per heavy atom. The quantitative estimate of drug-likeness (QED) is 0.286. The Kier molecular flexibility index (Phi) is 7.74. The van der Waals surface area contributed by atoms with Crippen LogP contribution in [0.15, 0.2) is 12.2 Å². The second kappa shape index (κ2) is 8.44. The molecule has 0 saturated heterocycles. The van der Waals surface area contributed by atoms with Crippen molar-refractivity contribution in [3.05, 3.63) is 12.2 Å². The monoisotopic (exact) mass is 200 g/mol. The SMILES string of the molecule is COC(=O)CC(=O)CCC/C=C\CO. The molecule has 4 heteroatoms. The molecule has 0 atom stereocenters. The van der Waals surface area contributed by atoms with Crippen LogP contribution in [-0.4, -0.2) is 30.6 Å². The fourth-order valence-corrected chi connectivity index (χ4v) is 0.931. The topological polar surface area (TPSA) is 63.6 Å². The third-order valence-electron chi connectivity index (χ3n) is 1.67. The molecule has 14 heavy (non-hydrogen) atoms. The third-order valence-corrected chi connectivity index (χ3v) is 1.67. The van der Waals surface area contributed by atoms with Crippen LogP contribution in [0.25, 0.3) is 0 Å². The van der Waals surface area contributed by atoms with Gasteiger partial charge in [-0.1, -0.05) is 12.2 Å². The van der Waals surface area contributed by atoms with E-state index in [0.29, 0.717) is 12.8 Å². The second-order valence-corrected chi connectivity index (χ2v) is 2.84. The van der Waals surface area contributed by atoms with Crippen molar-refractivity contribution in [2.45, 2.75) is 25.7 Å². The number of methoxy groups -OCH3 is 1. The minimum absolute atomic E-state index is 0.0239. The Labute approximate surface area is 83.6 Å². The smallest absolute Gasteiger partial charge is 0.313 e. The molecule has 0 spiro atoms. The van der Waals surface area contributed by atoms with Crippen molar-refractivity contribution in [1.29, 1.82) is 0 Å². The summed E-state index contributed by atoms with van der Waals surface area (Å²) in [5, 5.41) is 8.41. The predicted octanol–water partition coefficient (Wildman–Crippen LogP) is 0.837. The van der Waals surface area contributed by atoms with Gasteiger partial charge in [0.25, 0.3) is 0 Å². The number of unbranched alkanes of at least 4 members (excludes halogenated alkanes) is 1. The summed E-state index contributed by atoms with van der Waals surface area (Å²) >= 11 is 0. The largest absolute Gasteiger partial charge is 0.469 e. The Morgan fingerprint density at radius 1 is 1.36 bits per heavy atom. The Morgan fingerprint density at radius 3 is 2.64 bits per heavy atom. The van der Waals surface area contributed by atoms with Gasteiger partial charge in [-0.3, -0.25) is 9.59 Å². The highest BCUT2D eigenvalue weighted by Crippen LogP contribution is 2.01. The average molecular weight is 200 g/mol. The summed E-state index contributed by atoms with van der Waals surface area (Å²) in [5.74, 6) is -0.588. The molecule has 0 saturated carbocycles. The second-order valence-electron chi connectivity index (χ2n) is 2.84. The molecule has 0 aliphatic rings. The highest BCUT2D eigenvalue weighted by Gasteiger charge is 2.07. The molecule has 0 aromatic carbocycles. The van der Waals surface area contributed by atoms with Gasteiger partial charge in [-0.05, 0) is 12.8 Å². The predicted molar refractivity (Wildman–Crippen MR) is 51.7 cm³/mol. The van der Waals surface area contributed by atoms with Crippen LogP contribution in [0.5, 0.6) is 0 Å². The minimum Gasteiger partial charge on any atom is -0.469 e. The fourth-order valence-electron chi connectivity index (χ4n) is 0.931. The normalized spacial score (nSPS) is 10.4.